The summed E-state index contributed by atoms with van der Waals surface area (Å²) in [5, 5.41) is 10.7. The smallest absolute Gasteiger partial charge is 0.334 e. The van der Waals surface area contributed by atoms with Crippen molar-refractivity contribution in [2.24, 2.45) is 0 Å². The number of carbonyl (C=O) groups excluding carboxylic acids is 1. The Hall–Kier alpha value is -2.26. The van der Waals surface area contributed by atoms with Crippen LogP contribution < -0.4 is 0 Å². The third kappa shape index (κ3) is 3.26. The minimum atomic E-state index is -0.516. The van der Waals surface area contributed by atoms with Gasteiger partial charge >= 0.3 is 5.97 Å². The van der Waals surface area contributed by atoms with Crippen LogP contribution in [0.1, 0.15) is 17.0 Å². The van der Waals surface area contributed by atoms with E-state index in [1.807, 2.05) is 0 Å². The van der Waals surface area contributed by atoms with E-state index in [1.165, 1.54) is 7.11 Å². The lowest BCUT2D eigenvalue weighted by Gasteiger charge is -2.20. The van der Waals surface area contributed by atoms with Crippen LogP contribution in [0.25, 0.3) is 0 Å². The molecule has 0 aliphatic carbocycles. The van der Waals surface area contributed by atoms with Gasteiger partial charge in [-0.15, -0.1) is 0 Å². The fraction of sp³-hybridized carbons (Fsp3) is 0.118. The molecule has 3 nitrogen and oxygen atoms in total. The van der Waals surface area contributed by atoms with E-state index in [0.29, 0.717) is 10.6 Å². The number of hydrogen-bond acceptors (Lipinski definition) is 3. The number of ether oxygens (including phenoxy) is 1. The predicted octanol–water partition coefficient (Wildman–Crippen LogP) is 3.91. The number of benzene rings is 2. The summed E-state index contributed by atoms with van der Waals surface area (Å²) in [5.41, 5.74) is 1.65. The van der Waals surface area contributed by atoms with Crippen LogP contribution in [0.2, 0.25) is 5.02 Å². The van der Waals surface area contributed by atoms with Crippen LogP contribution in [0.15, 0.2) is 60.7 Å². The summed E-state index contributed by atoms with van der Waals surface area (Å²) in [7, 11) is 1.30. The summed E-state index contributed by atoms with van der Waals surface area (Å²) in [5.74, 6) is -0.906. The van der Waals surface area contributed by atoms with E-state index in [4.69, 9.17) is 16.3 Å². The molecule has 0 amide bonds. The summed E-state index contributed by atoms with van der Waals surface area (Å²) in [6.45, 7) is 3.82. The zero-order valence-electron chi connectivity index (χ0n) is 11.5. The number of phenols is 1. The maximum absolute atomic E-state index is 11.8. The van der Waals surface area contributed by atoms with Crippen LogP contribution in [0.5, 0.6) is 5.75 Å². The molecule has 0 radical (unpaired) electrons. The number of hydrogen-bond donors (Lipinski definition) is 1. The Morgan fingerprint density at radius 3 is 2.38 bits per heavy atom. The van der Waals surface area contributed by atoms with E-state index < -0.39 is 11.9 Å². The number of halogens is 1. The molecule has 0 fully saturated rings. The normalized spacial score (nSPS) is 11.7. The Morgan fingerprint density at radius 2 is 1.81 bits per heavy atom. The molecule has 0 aliphatic heterocycles. The van der Waals surface area contributed by atoms with Crippen molar-refractivity contribution in [2.45, 2.75) is 5.92 Å². The van der Waals surface area contributed by atoms with Gasteiger partial charge in [0, 0.05) is 22.1 Å². The quantitative estimate of drug-likeness (QED) is 0.688. The van der Waals surface area contributed by atoms with Crippen molar-refractivity contribution in [3.63, 3.8) is 0 Å². The van der Waals surface area contributed by atoms with Gasteiger partial charge in [-0.1, -0.05) is 48.5 Å². The van der Waals surface area contributed by atoms with Gasteiger partial charge in [0.1, 0.15) is 5.75 Å². The average molecular weight is 303 g/mol. The van der Waals surface area contributed by atoms with Crippen LogP contribution in [0.4, 0.5) is 0 Å². The fourth-order valence-electron chi connectivity index (χ4n) is 2.20. The number of methoxy groups -OCH3 is 1. The molecule has 0 saturated carbocycles. The summed E-state index contributed by atoms with van der Waals surface area (Å²) >= 11 is 5.90. The topological polar surface area (TPSA) is 46.5 Å². The maximum atomic E-state index is 11.8. The van der Waals surface area contributed by atoms with Crippen LogP contribution >= 0.6 is 11.6 Å². The Labute approximate surface area is 128 Å². The molecule has 4 heteroatoms. The number of aromatic hydroxyl groups is 1. The molecular formula is C17H15ClO3. The average Bonchev–Trinajstić information content (AvgIpc) is 2.50. The van der Waals surface area contributed by atoms with E-state index in [1.54, 1.807) is 48.5 Å². The van der Waals surface area contributed by atoms with E-state index in [0.717, 1.165) is 5.56 Å². The zero-order chi connectivity index (χ0) is 15.4. The number of esters is 1. The first-order valence-corrected chi connectivity index (χ1v) is 6.73. The molecule has 0 aliphatic rings. The van der Waals surface area contributed by atoms with Crippen molar-refractivity contribution in [1.29, 1.82) is 0 Å². The Kier molecular flexibility index (Phi) is 4.66. The fourth-order valence-corrected chi connectivity index (χ4v) is 2.33. The molecule has 2 rings (SSSR count). The maximum Gasteiger partial charge on any atom is 0.334 e. The second kappa shape index (κ2) is 6.46. The molecule has 0 saturated heterocycles. The lowest BCUT2D eigenvalue weighted by Crippen LogP contribution is -2.14. The van der Waals surface area contributed by atoms with E-state index in [-0.39, 0.29) is 11.3 Å². The number of phenolic OH excluding ortho intramolecular Hbond substituents is 1. The highest BCUT2D eigenvalue weighted by Gasteiger charge is 2.25. The number of carbonyl (C=O) groups is 1. The van der Waals surface area contributed by atoms with Crippen molar-refractivity contribution in [2.75, 3.05) is 7.11 Å². The molecule has 0 bridgehead atoms. The summed E-state index contributed by atoms with van der Waals surface area (Å²) in [6.07, 6.45) is 0. The third-order valence-electron chi connectivity index (χ3n) is 3.25. The zero-order valence-corrected chi connectivity index (χ0v) is 12.3. The van der Waals surface area contributed by atoms with Crippen molar-refractivity contribution < 1.29 is 14.6 Å². The summed E-state index contributed by atoms with van der Waals surface area (Å²) in [4.78, 5) is 11.8. The van der Waals surface area contributed by atoms with E-state index in [2.05, 4.69) is 6.58 Å². The number of para-hydroxylation sites is 1. The van der Waals surface area contributed by atoms with Gasteiger partial charge in [0.05, 0.1) is 7.11 Å². The molecule has 0 heterocycles. The first-order valence-electron chi connectivity index (χ1n) is 6.35. The Bertz CT molecular complexity index is 662. The van der Waals surface area contributed by atoms with Gasteiger partial charge in [-0.2, -0.15) is 0 Å². The van der Waals surface area contributed by atoms with Crippen LogP contribution in [-0.2, 0) is 9.53 Å². The summed E-state index contributed by atoms with van der Waals surface area (Å²) in [6, 6.07) is 13.9. The molecule has 0 aromatic heterocycles. The summed E-state index contributed by atoms with van der Waals surface area (Å²) < 4.78 is 4.75. The highest BCUT2D eigenvalue weighted by atomic mass is 35.5. The second-order valence-corrected chi connectivity index (χ2v) is 5.00. The van der Waals surface area contributed by atoms with Gasteiger partial charge < -0.3 is 9.84 Å². The molecule has 108 valence electrons. The van der Waals surface area contributed by atoms with Crippen molar-refractivity contribution in [3.05, 3.63) is 76.8 Å². The third-order valence-corrected chi connectivity index (χ3v) is 3.50. The molecule has 0 spiro atoms. The van der Waals surface area contributed by atoms with Gasteiger partial charge in [0.15, 0.2) is 0 Å². The Balaban J connectivity index is 2.54. The minimum Gasteiger partial charge on any atom is -0.508 e. The lowest BCUT2D eigenvalue weighted by molar-refractivity contribution is -0.136. The highest BCUT2D eigenvalue weighted by Crippen LogP contribution is 2.36. The standard InChI is InChI=1S/C17H15ClO3/c1-11(17(20)21-2)16(12-7-9-13(18)10-8-12)14-5-3-4-6-15(14)19/h3-10,16,19H,1H2,2H3. The van der Waals surface area contributed by atoms with Gasteiger partial charge in [-0.05, 0) is 23.8 Å². The first-order chi connectivity index (χ1) is 10.0. The van der Waals surface area contributed by atoms with E-state index >= 15 is 0 Å². The highest BCUT2D eigenvalue weighted by molar-refractivity contribution is 6.30. The van der Waals surface area contributed by atoms with Crippen molar-refractivity contribution in [3.8, 4) is 5.75 Å². The lowest BCUT2D eigenvalue weighted by atomic mass is 9.85. The predicted molar refractivity (Wildman–Crippen MR) is 82.6 cm³/mol. The molecule has 1 atom stereocenters. The van der Waals surface area contributed by atoms with Gasteiger partial charge in [0.25, 0.3) is 0 Å². The van der Waals surface area contributed by atoms with Crippen LogP contribution in [-0.4, -0.2) is 18.2 Å². The first kappa shape index (κ1) is 15.1. The molecule has 2 aromatic carbocycles. The van der Waals surface area contributed by atoms with Crippen LogP contribution in [0, 0.1) is 0 Å². The monoisotopic (exact) mass is 302 g/mol. The van der Waals surface area contributed by atoms with Crippen LogP contribution in [0.3, 0.4) is 0 Å². The van der Waals surface area contributed by atoms with Gasteiger partial charge in [-0.25, -0.2) is 4.79 Å². The van der Waals surface area contributed by atoms with Gasteiger partial charge in [0.2, 0.25) is 0 Å². The molecule has 1 unspecified atom stereocenters. The second-order valence-electron chi connectivity index (χ2n) is 4.56. The molecular weight excluding hydrogens is 288 g/mol. The van der Waals surface area contributed by atoms with Gasteiger partial charge in [-0.3, -0.25) is 0 Å². The molecule has 1 N–H and O–H groups in total. The Morgan fingerprint density at radius 1 is 1.19 bits per heavy atom. The number of rotatable bonds is 4. The van der Waals surface area contributed by atoms with E-state index in [9.17, 15) is 9.90 Å². The van der Waals surface area contributed by atoms with Crippen molar-refractivity contribution in [1.82, 2.24) is 0 Å². The largest absolute Gasteiger partial charge is 0.508 e. The molecule has 2 aromatic rings. The molecule has 21 heavy (non-hydrogen) atoms. The van der Waals surface area contributed by atoms with Crippen molar-refractivity contribution >= 4 is 17.6 Å². The SMILES string of the molecule is C=C(C(=O)OC)C(c1ccc(Cl)cc1)c1ccccc1O. The minimum absolute atomic E-state index is 0.0995.